The van der Waals surface area contributed by atoms with E-state index in [1.165, 1.54) is 11.0 Å². The summed E-state index contributed by atoms with van der Waals surface area (Å²) >= 11 is 0. The quantitative estimate of drug-likeness (QED) is 0.679. The van der Waals surface area contributed by atoms with Crippen molar-refractivity contribution in [3.05, 3.63) is 71.7 Å². The number of furan rings is 1. The highest BCUT2D eigenvalue weighted by Gasteiger charge is 2.35. The van der Waals surface area contributed by atoms with Gasteiger partial charge in [-0.05, 0) is 47.4 Å². The van der Waals surface area contributed by atoms with Gasteiger partial charge >= 0.3 is 0 Å². The van der Waals surface area contributed by atoms with E-state index in [9.17, 15) is 4.79 Å². The van der Waals surface area contributed by atoms with Gasteiger partial charge in [-0.25, -0.2) is 0 Å². The highest BCUT2D eigenvalue weighted by molar-refractivity contribution is 6.27. The van der Waals surface area contributed by atoms with Crippen molar-refractivity contribution in [3.63, 3.8) is 0 Å². The van der Waals surface area contributed by atoms with E-state index in [4.69, 9.17) is 4.42 Å². The standard InChI is InChI=1S/C21H17NO2/c23-17-8-3-7-15-20(17)19-14-6-2-1-5-13(14)10-11-16(19)22-21(15)18-9-4-12-24-18/h1-2,4-6,9-12,21-22H,3,7-8H2/t21-/m0/s1. The molecular weight excluding hydrogens is 298 g/mol. The summed E-state index contributed by atoms with van der Waals surface area (Å²) in [6.07, 6.45) is 4.17. The average molecular weight is 315 g/mol. The molecule has 5 rings (SSSR count). The Hall–Kier alpha value is -2.81. The van der Waals surface area contributed by atoms with Crippen molar-refractivity contribution in [2.75, 3.05) is 5.32 Å². The van der Waals surface area contributed by atoms with Crippen LogP contribution in [0.15, 0.2) is 64.8 Å². The molecule has 0 saturated carbocycles. The smallest absolute Gasteiger partial charge is 0.163 e. The average Bonchev–Trinajstić information content (AvgIpc) is 3.15. The van der Waals surface area contributed by atoms with Gasteiger partial charge in [0.15, 0.2) is 5.78 Å². The van der Waals surface area contributed by atoms with Gasteiger partial charge in [0, 0.05) is 23.2 Å². The molecule has 0 saturated heterocycles. The summed E-state index contributed by atoms with van der Waals surface area (Å²) in [5.74, 6) is 1.13. The van der Waals surface area contributed by atoms with E-state index in [1.807, 2.05) is 24.3 Å². The summed E-state index contributed by atoms with van der Waals surface area (Å²) in [4.78, 5) is 12.8. The molecule has 1 N–H and O–H groups in total. The van der Waals surface area contributed by atoms with E-state index < -0.39 is 0 Å². The minimum Gasteiger partial charge on any atom is -0.467 e. The Labute approximate surface area is 140 Å². The summed E-state index contributed by atoms with van der Waals surface area (Å²) in [6.45, 7) is 0. The van der Waals surface area contributed by atoms with Gasteiger partial charge in [-0.15, -0.1) is 0 Å². The fraction of sp³-hybridized carbons (Fsp3) is 0.190. The van der Waals surface area contributed by atoms with Crippen molar-refractivity contribution in [1.82, 2.24) is 0 Å². The number of carbonyl (C=O) groups excluding carboxylic acids is 1. The van der Waals surface area contributed by atoms with Crippen LogP contribution in [0.5, 0.6) is 0 Å². The highest BCUT2D eigenvalue weighted by atomic mass is 16.3. The monoisotopic (exact) mass is 315 g/mol. The predicted octanol–water partition coefficient (Wildman–Crippen LogP) is 5.11. The fourth-order valence-electron chi connectivity index (χ4n) is 4.06. The van der Waals surface area contributed by atoms with Gasteiger partial charge in [-0.2, -0.15) is 0 Å². The normalized spacial score (nSPS) is 19.8. The molecule has 0 bridgehead atoms. The van der Waals surface area contributed by atoms with Crippen LogP contribution in [-0.4, -0.2) is 5.78 Å². The van der Waals surface area contributed by atoms with Gasteiger partial charge in [0.25, 0.3) is 0 Å². The second kappa shape index (κ2) is 5.10. The number of rotatable bonds is 1. The maximum absolute atomic E-state index is 12.8. The topological polar surface area (TPSA) is 42.2 Å². The van der Waals surface area contributed by atoms with Crippen LogP contribution >= 0.6 is 0 Å². The van der Waals surface area contributed by atoms with E-state index in [0.717, 1.165) is 40.8 Å². The molecule has 2 aromatic carbocycles. The van der Waals surface area contributed by atoms with E-state index in [-0.39, 0.29) is 11.8 Å². The van der Waals surface area contributed by atoms with Crippen molar-refractivity contribution >= 4 is 27.8 Å². The third-order valence-corrected chi connectivity index (χ3v) is 5.10. The number of allylic oxidation sites excluding steroid dienone is 1. The van der Waals surface area contributed by atoms with E-state index in [2.05, 4.69) is 29.6 Å². The lowest BCUT2D eigenvalue weighted by molar-refractivity contribution is -0.114. The number of ketones is 1. The van der Waals surface area contributed by atoms with Crippen molar-refractivity contribution in [2.24, 2.45) is 0 Å². The molecule has 1 aromatic heterocycles. The zero-order valence-corrected chi connectivity index (χ0v) is 13.2. The molecule has 1 aliphatic carbocycles. The van der Waals surface area contributed by atoms with Crippen molar-refractivity contribution in [3.8, 4) is 0 Å². The second-order valence-corrected chi connectivity index (χ2v) is 6.48. The van der Waals surface area contributed by atoms with Gasteiger partial charge in [0.05, 0.1) is 6.26 Å². The van der Waals surface area contributed by atoms with Crippen LogP contribution < -0.4 is 5.32 Å². The first-order valence-electron chi connectivity index (χ1n) is 8.41. The summed E-state index contributed by atoms with van der Waals surface area (Å²) in [5.41, 5.74) is 4.16. The number of fused-ring (bicyclic) bond motifs is 4. The van der Waals surface area contributed by atoms with Gasteiger partial charge in [-0.1, -0.05) is 30.3 Å². The molecule has 0 unspecified atom stereocenters. The number of nitrogens with one attached hydrogen (secondary N) is 1. The molecule has 2 heterocycles. The van der Waals surface area contributed by atoms with Gasteiger partial charge in [0.2, 0.25) is 0 Å². The molecule has 118 valence electrons. The Balaban J connectivity index is 1.83. The van der Waals surface area contributed by atoms with Crippen LogP contribution in [0, 0.1) is 0 Å². The van der Waals surface area contributed by atoms with Crippen LogP contribution in [0.25, 0.3) is 16.3 Å². The number of hydrogen-bond donors (Lipinski definition) is 1. The molecule has 24 heavy (non-hydrogen) atoms. The van der Waals surface area contributed by atoms with E-state index in [0.29, 0.717) is 6.42 Å². The van der Waals surface area contributed by atoms with Crippen molar-refractivity contribution in [2.45, 2.75) is 25.3 Å². The first-order chi connectivity index (χ1) is 11.8. The Morgan fingerprint density at radius 3 is 2.79 bits per heavy atom. The maximum Gasteiger partial charge on any atom is 0.163 e. The predicted molar refractivity (Wildman–Crippen MR) is 94.8 cm³/mol. The molecule has 1 aliphatic heterocycles. The van der Waals surface area contributed by atoms with Crippen molar-refractivity contribution in [1.29, 1.82) is 0 Å². The third kappa shape index (κ3) is 1.88. The molecule has 0 radical (unpaired) electrons. The molecule has 3 heteroatoms. The van der Waals surface area contributed by atoms with Crippen LogP contribution in [-0.2, 0) is 4.79 Å². The third-order valence-electron chi connectivity index (χ3n) is 5.10. The number of Topliss-reactive ketones (excluding diaryl/α,β-unsaturated/α-hetero) is 1. The molecule has 2 aliphatic rings. The largest absolute Gasteiger partial charge is 0.467 e. The van der Waals surface area contributed by atoms with Gasteiger partial charge in [0.1, 0.15) is 11.8 Å². The minimum absolute atomic E-state index is 0.0482. The number of benzene rings is 2. The number of anilines is 1. The zero-order chi connectivity index (χ0) is 16.1. The molecular formula is C21H17NO2. The number of hydrogen-bond acceptors (Lipinski definition) is 3. The van der Waals surface area contributed by atoms with Crippen molar-refractivity contribution < 1.29 is 9.21 Å². The lowest BCUT2D eigenvalue weighted by Gasteiger charge is -2.34. The highest BCUT2D eigenvalue weighted by Crippen LogP contribution is 2.47. The molecule has 3 aromatic rings. The molecule has 0 fully saturated rings. The first kappa shape index (κ1) is 13.6. The lowest BCUT2D eigenvalue weighted by atomic mass is 9.78. The molecule has 3 nitrogen and oxygen atoms in total. The molecule has 1 atom stereocenters. The summed E-state index contributed by atoms with van der Waals surface area (Å²) in [5, 5.41) is 5.92. The molecule has 0 spiro atoms. The second-order valence-electron chi connectivity index (χ2n) is 6.48. The van der Waals surface area contributed by atoms with Crippen LogP contribution in [0.4, 0.5) is 5.69 Å². The van der Waals surface area contributed by atoms with E-state index in [1.54, 1.807) is 6.26 Å². The summed E-state index contributed by atoms with van der Waals surface area (Å²) in [7, 11) is 0. The van der Waals surface area contributed by atoms with Gasteiger partial charge < -0.3 is 9.73 Å². The Morgan fingerprint density at radius 2 is 1.92 bits per heavy atom. The summed E-state index contributed by atoms with van der Waals surface area (Å²) in [6, 6.07) is 16.3. The Kier molecular flexibility index (Phi) is 2.89. The van der Waals surface area contributed by atoms with E-state index >= 15 is 0 Å². The lowest BCUT2D eigenvalue weighted by Crippen LogP contribution is -2.25. The molecule has 0 amide bonds. The first-order valence-corrected chi connectivity index (χ1v) is 8.41. The summed E-state index contributed by atoms with van der Waals surface area (Å²) < 4.78 is 5.65. The van der Waals surface area contributed by atoms with Crippen LogP contribution in [0.3, 0.4) is 0 Å². The van der Waals surface area contributed by atoms with Crippen LogP contribution in [0.1, 0.15) is 36.6 Å². The van der Waals surface area contributed by atoms with Crippen LogP contribution in [0.2, 0.25) is 0 Å². The fourth-order valence-corrected chi connectivity index (χ4v) is 4.06. The van der Waals surface area contributed by atoms with Gasteiger partial charge in [-0.3, -0.25) is 4.79 Å². The zero-order valence-electron chi connectivity index (χ0n) is 13.2. The Bertz CT molecular complexity index is 982. The maximum atomic E-state index is 12.8. The minimum atomic E-state index is -0.0482. The Morgan fingerprint density at radius 1 is 1.00 bits per heavy atom. The SMILES string of the molecule is O=C1CCCC2=C1c1c(ccc3ccccc13)N[C@@H]2c1ccco1. The number of carbonyl (C=O) groups is 1.